The second kappa shape index (κ2) is 5.60. The molecule has 0 aromatic heterocycles. The van der Waals surface area contributed by atoms with Crippen molar-refractivity contribution in [1.82, 2.24) is 0 Å². The second-order valence-electron chi connectivity index (χ2n) is 4.98. The average Bonchev–Trinajstić information content (AvgIpc) is 2.49. The van der Waals surface area contributed by atoms with Crippen molar-refractivity contribution in [3.05, 3.63) is 53.6 Å². The summed E-state index contributed by atoms with van der Waals surface area (Å²) in [5, 5.41) is 3.10. The lowest BCUT2D eigenvalue weighted by Gasteiger charge is -2.32. The van der Waals surface area contributed by atoms with Gasteiger partial charge in [-0.25, -0.2) is 8.78 Å². The van der Waals surface area contributed by atoms with Gasteiger partial charge < -0.3 is 15.0 Å². The van der Waals surface area contributed by atoms with Crippen LogP contribution in [-0.2, 0) is 6.54 Å². The molecular weight excluding hydrogens is 274 g/mol. The first-order valence-electron chi connectivity index (χ1n) is 6.78. The normalized spacial score (nSPS) is 13.6. The first kappa shape index (κ1) is 13.7. The number of fused-ring (bicyclic) bond motifs is 1. The van der Waals surface area contributed by atoms with Crippen LogP contribution in [0.4, 0.5) is 20.2 Å². The van der Waals surface area contributed by atoms with Crippen LogP contribution in [0.1, 0.15) is 5.56 Å². The summed E-state index contributed by atoms with van der Waals surface area (Å²) in [7, 11) is 1.62. The van der Waals surface area contributed by atoms with E-state index in [-0.39, 0.29) is 0 Å². The summed E-state index contributed by atoms with van der Waals surface area (Å²) in [6, 6.07) is 10.2. The van der Waals surface area contributed by atoms with E-state index in [9.17, 15) is 8.78 Å². The van der Waals surface area contributed by atoms with Gasteiger partial charge in [0.25, 0.3) is 0 Å². The number of benzene rings is 2. The molecule has 5 heteroatoms. The van der Waals surface area contributed by atoms with Crippen LogP contribution in [0.5, 0.6) is 5.75 Å². The lowest BCUT2D eigenvalue weighted by molar-refractivity contribution is 0.414. The molecule has 1 aliphatic rings. The molecule has 3 nitrogen and oxygen atoms in total. The molecule has 0 saturated heterocycles. The van der Waals surface area contributed by atoms with E-state index in [1.54, 1.807) is 7.11 Å². The summed E-state index contributed by atoms with van der Waals surface area (Å²) >= 11 is 0. The third-order valence-corrected chi connectivity index (χ3v) is 3.58. The Morgan fingerprint density at radius 1 is 1.19 bits per heavy atom. The summed E-state index contributed by atoms with van der Waals surface area (Å²) in [5.41, 5.74) is 2.37. The number of nitrogens with one attached hydrogen (secondary N) is 1. The Morgan fingerprint density at radius 2 is 2.00 bits per heavy atom. The fourth-order valence-electron chi connectivity index (χ4n) is 2.54. The van der Waals surface area contributed by atoms with Crippen LogP contribution in [0.15, 0.2) is 36.4 Å². The number of rotatable bonds is 3. The lowest BCUT2D eigenvalue weighted by Crippen LogP contribution is -2.33. The van der Waals surface area contributed by atoms with Gasteiger partial charge in [-0.05, 0) is 17.7 Å². The van der Waals surface area contributed by atoms with Crippen LogP contribution in [0.3, 0.4) is 0 Å². The molecule has 0 saturated carbocycles. The molecule has 1 heterocycles. The van der Waals surface area contributed by atoms with E-state index < -0.39 is 11.6 Å². The molecule has 0 radical (unpaired) electrons. The van der Waals surface area contributed by atoms with Crippen LogP contribution in [0, 0.1) is 11.6 Å². The minimum atomic E-state index is -0.829. The Morgan fingerprint density at radius 3 is 2.81 bits per heavy atom. The summed E-state index contributed by atoms with van der Waals surface area (Å²) in [6.07, 6.45) is 0. The third kappa shape index (κ3) is 2.77. The van der Waals surface area contributed by atoms with Gasteiger partial charge in [0, 0.05) is 31.8 Å². The van der Waals surface area contributed by atoms with Gasteiger partial charge in [-0.1, -0.05) is 12.1 Å². The molecule has 110 valence electrons. The molecule has 0 unspecified atom stereocenters. The first-order valence-corrected chi connectivity index (χ1v) is 6.78. The minimum absolute atomic E-state index is 0.622. The SMILES string of the molecule is COc1cccc(CN2CCNc3cc(F)c(F)cc32)c1. The maximum absolute atomic E-state index is 13.5. The summed E-state index contributed by atoms with van der Waals surface area (Å²) < 4.78 is 32.0. The van der Waals surface area contributed by atoms with Gasteiger partial charge in [-0.15, -0.1) is 0 Å². The third-order valence-electron chi connectivity index (χ3n) is 3.58. The van der Waals surface area contributed by atoms with E-state index in [1.807, 2.05) is 29.2 Å². The number of halogens is 2. The van der Waals surface area contributed by atoms with Gasteiger partial charge in [-0.2, -0.15) is 0 Å². The number of anilines is 2. The van der Waals surface area contributed by atoms with Crippen molar-refractivity contribution < 1.29 is 13.5 Å². The van der Waals surface area contributed by atoms with Crippen LogP contribution in [0.2, 0.25) is 0 Å². The molecule has 1 N–H and O–H groups in total. The van der Waals surface area contributed by atoms with E-state index in [2.05, 4.69) is 5.32 Å². The quantitative estimate of drug-likeness (QED) is 0.937. The average molecular weight is 290 g/mol. The van der Waals surface area contributed by atoms with Gasteiger partial charge in [0.15, 0.2) is 11.6 Å². The Kier molecular flexibility index (Phi) is 3.64. The van der Waals surface area contributed by atoms with Gasteiger partial charge in [0.1, 0.15) is 5.75 Å². The molecule has 0 amide bonds. The molecular formula is C16H16F2N2O. The fraction of sp³-hybridized carbons (Fsp3) is 0.250. The minimum Gasteiger partial charge on any atom is -0.497 e. The van der Waals surface area contributed by atoms with E-state index in [4.69, 9.17) is 4.74 Å². The van der Waals surface area contributed by atoms with E-state index in [0.717, 1.165) is 17.9 Å². The molecule has 0 atom stereocenters. The molecule has 1 aliphatic heterocycles. The summed E-state index contributed by atoms with van der Waals surface area (Å²) in [5.74, 6) is -0.870. The molecule has 21 heavy (non-hydrogen) atoms. The Balaban J connectivity index is 1.89. The Labute approximate surface area is 122 Å². The van der Waals surface area contributed by atoms with Crippen molar-refractivity contribution in [2.24, 2.45) is 0 Å². The van der Waals surface area contributed by atoms with Crippen molar-refractivity contribution in [3.63, 3.8) is 0 Å². The van der Waals surface area contributed by atoms with Gasteiger partial charge in [-0.3, -0.25) is 0 Å². The number of hydrogen-bond acceptors (Lipinski definition) is 3. The Hall–Kier alpha value is -2.30. The van der Waals surface area contributed by atoms with Gasteiger partial charge in [0.05, 0.1) is 18.5 Å². The van der Waals surface area contributed by atoms with Crippen molar-refractivity contribution in [2.75, 3.05) is 30.4 Å². The highest BCUT2D eigenvalue weighted by atomic mass is 19.2. The number of nitrogens with zero attached hydrogens (tertiary/aromatic N) is 1. The van der Waals surface area contributed by atoms with Gasteiger partial charge >= 0.3 is 0 Å². The fourth-order valence-corrected chi connectivity index (χ4v) is 2.54. The molecule has 0 bridgehead atoms. The van der Waals surface area contributed by atoms with Crippen LogP contribution < -0.4 is 15.0 Å². The van der Waals surface area contributed by atoms with Crippen molar-refractivity contribution in [2.45, 2.75) is 6.54 Å². The molecule has 0 aliphatic carbocycles. The topological polar surface area (TPSA) is 24.5 Å². The van der Waals surface area contributed by atoms with Crippen LogP contribution in [0.25, 0.3) is 0 Å². The first-order chi connectivity index (χ1) is 10.2. The molecule has 2 aromatic carbocycles. The Bertz CT molecular complexity index is 661. The highest BCUT2D eigenvalue weighted by Crippen LogP contribution is 2.32. The summed E-state index contributed by atoms with van der Waals surface area (Å²) in [6.45, 7) is 2.05. The van der Waals surface area contributed by atoms with Gasteiger partial charge in [0.2, 0.25) is 0 Å². The number of ether oxygens (including phenoxy) is 1. The van der Waals surface area contributed by atoms with Crippen molar-refractivity contribution >= 4 is 11.4 Å². The van der Waals surface area contributed by atoms with E-state index in [1.165, 1.54) is 12.1 Å². The molecule has 0 fully saturated rings. The zero-order chi connectivity index (χ0) is 14.8. The zero-order valence-electron chi connectivity index (χ0n) is 11.7. The predicted molar refractivity (Wildman–Crippen MR) is 78.9 cm³/mol. The number of hydrogen-bond donors (Lipinski definition) is 1. The molecule has 2 aromatic rings. The second-order valence-corrected chi connectivity index (χ2v) is 4.98. The monoisotopic (exact) mass is 290 g/mol. The van der Waals surface area contributed by atoms with E-state index in [0.29, 0.717) is 24.5 Å². The highest BCUT2D eigenvalue weighted by molar-refractivity contribution is 5.72. The number of methoxy groups -OCH3 is 1. The lowest BCUT2D eigenvalue weighted by atomic mass is 10.1. The molecule has 0 spiro atoms. The molecule has 3 rings (SSSR count). The van der Waals surface area contributed by atoms with Crippen LogP contribution >= 0.6 is 0 Å². The predicted octanol–water partition coefficient (Wildman–Crippen LogP) is 3.41. The van der Waals surface area contributed by atoms with Crippen LogP contribution in [-0.4, -0.2) is 20.2 Å². The zero-order valence-corrected chi connectivity index (χ0v) is 11.7. The maximum atomic E-state index is 13.5. The standard InChI is InChI=1S/C16H16F2N2O/c1-21-12-4-2-3-11(7-12)10-20-6-5-19-15-8-13(17)14(18)9-16(15)20/h2-4,7-9,19H,5-6,10H2,1H3. The maximum Gasteiger partial charge on any atom is 0.161 e. The van der Waals surface area contributed by atoms with Crippen molar-refractivity contribution in [1.29, 1.82) is 0 Å². The summed E-state index contributed by atoms with van der Waals surface area (Å²) in [4.78, 5) is 2.03. The van der Waals surface area contributed by atoms with E-state index >= 15 is 0 Å². The largest absolute Gasteiger partial charge is 0.497 e. The highest BCUT2D eigenvalue weighted by Gasteiger charge is 2.19. The van der Waals surface area contributed by atoms with Crippen molar-refractivity contribution in [3.8, 4) is 5.75 Å². The smallest absolute Gasteiger partial charge is 0.161 e.